The average molecular weight is 550 g/mol. The summed E-state index contributed by atoms with van der Waals surface area (Å²) in [6.07, 6.45) is 4.17. The Labute approximate surface area is 231 Å². The fourth-order valence-corrected chi connectivity index (χ4v) is 6.87. The first-order valence-electron chi connectivity index (χ1n) is 14.1. The molecule has 8 heteroatoms. The number of aliphatic hydroxyl groups is 1. The van der Waals surface area contributed by atoms with Crippen LogP contribution in [0, 0.1) is 5.92 Å². The standard InChI is InChI=1S/C31H39N3O4S/c1-2-3-7-23-12-14-26(15-13-23)39(36,37)34-18-16-24(17-19-34)20-32-21-25(35)22-38-30-11-6-10-29-31(30)27-8-4-5-9-28(27)33-29/h4-6,8-15,24-25,32-33,35H,2-3,7,16-22H2,1H3/t25-/m0/s1. The van der Waals surface area contributed by atoms with Crippen LogP contribution in [0.1, 0.15) is 38.2 Å². The number of sulfonamides is 1. The molecule has 0 amide bonds. The monoisotopic (exact) mass is 549 g/mol. The Kier molecular flexibility index (Phi) is 8.87. The average Bonchev–Trinajstić information content (AvgIpc) is 3.35. The lowest BCUT2D eigenvalue weighted by Crippen LogP contribution is -2.42. The van der Waals surface area contributed by atoms with Gasteiger partial charge in [0.2, 0.25) is 10.0 Å². The maximum absolute atomic E-state index is 13.1. The maximum Gasteiger partial charge on any atom is 0.243 e. The number of ether oxygens (including phenoxy) is 1. The molecule has 0 saturated carbocycles. The van der Waals surface area contributed by atoms with Gasteiger partial charge in [-0.1, -0.05) is 49.7 Å². The highest BCUT2D eigenvalue weighted by molar-refractivity contribution is 7.89. The zero-order valence-corrected chi connectivity index (χ0v) is 23.4. The predicted octanol–water partition coefficient (Wildman–Crippen LogP) is 5.09. The van der Waals surface area contributed by atoms with Crippen molar-refractivity contribution < 1.29 is 18.3 Å². The Hall–Kier alpha value is -2.91. The Balaban J connectivity index is 1.06. The van der Waals surface area contributed by atoms with Crippen molar-refractivity contribution in [3.63, 3.8) is 0 Å². The van der Waals surface area contributed by atoms with Gasteiger partial charge < -0.3 is 20.1 Å². The molecule has 0 spiro atoms. The Morgan fingerprint density at radius 3 is 2.54 bits per heavy atom. The van der Waals surface area contributed by atoms with Crippen LogP contribution in [-0.2, 0) is 16.4 Å². The number of fused-ring (bicyclic) bond motifs is 3. The molecule has 1 saturated heterocycles. The lowest BCUT2D eigenvalue weighted by molar-refractivity contribution is 0.105. The minimum Gasteiger partial charge on any atom is -0.490 e. The van der Waals surface area contributed by atoms with Gasteiger partial charge in [0, 0.05) is 35.9 Å². The molecule has 3 aromatic carbocycles. The van der Waals surface area contributed by atoms with E-state index in [2.05, 4.69) is 23.3 Å². The van der Waals surface area contributed by atoms with E-state index < -0.39 is 16.1 Å². The van der Waals surface area contributed by atoms with Crippen molar-refractivity contribution in [3.05, 3.63) is 72.3 Å². The number of rotatable bonds is 12. The fraction of sp³-hybridized carbons (Fsp3) is 0.419. The normalized spacial score (nSPS) is 16.2. The number of aromatic amines is 1. The number of nitrogens with one attached hydrogen (secondary N) is 2. The van der Waals surface area contributed by atoms with E-state index in [4.69, 9.17) is 4.74 Å². The number of unbranched alkanes of at least 4 members (excludes halogenated alkanes) is 1. The number of aryl methyl sites for hydroxylation is 1. The van der Waals surface area contributed by atoms with Crippen molar-refractivity contribution in [1.29, 1.82) is 0 Å². The number of hydrogen-bond donors (Lipinski definition) is 3. The van der Waals surface area contributed by atoms with E-state index in [9.17, 15) is 13.5 Å². The number of aromatic nitrogens is 1. The number of aliphatic hydroxyl groups excluding tert-OH is 1. The first kappa shape index (κ1) is 27.6. The van der Waals surface area contributed by atoms with Gasteiger partial charge >= 0.3 is 0 Å². The van der Waals surface area contributed by atoms with E-state index in [-0.39, 0.29) is 6.61 Å². The number of nitrogens with zero attached hydrogens (tertiary/aromatic N) is 1. The van der Waals surface area contributed by atoms with E-state index in [1.54, 1.807) is 16.4 Å². The van der Waals surface area contributed by atoms with Crippen molar-refractivity contribution >= 4 is 31.8 Å². The molecule has 0 unspecified atom stereocenters. The number of H-pyrrole nitrogens is 1. The van der Waals surface area contributed by atoms with Crippen LogP contribution in [0.2, 0.25) is 0 Å². The molecule has 1 aromatic heterocycles. The van der Waals surface area contributed by atoms with Gasteiger partial charge in [-0.3, -0.25) is 0 Å². The minimum absolute atomic E-state index is 0.194. The van der Waals surface area contributed by atoms with Crippen LogP contribution in [0.25, 0.3) is 21.8 Å². The molecule has 0 aliphatic carbocycles. The summed E-state index contributed by atoms with van der Waals surface area (Å²) in [7, 11) is -3.46. The third kappa shape index (κ3) is 6.47. The van der Waals surface area contributed by atoms with E-state index in [0.717, 1.165) is 66.2 Å². The smallest absolute Gasteiger partial charge is 0.243 e. The van der Waals surface area contributed by atoms with Crippen LogP contribution in [0.15, 0.2) is 71.6 Å². The Bertz CT molecular complexity index is 1480. The predicted molar refractivity (Wildman–Crippen MR) is 157 cm³/mol. The Morgan fingerprint density at radius 2 is 1.77 bits per heavy atom. The van der Waals surface area contributed by atoms with Crippen LogP contribution in [0.5, 0.6) is 5.75 Å². The second-order valence-corrected chi connectivity index (χ2v) is 12.5. The number of piperidine rings is 1. The summed E-state index contributed by atoms with van der Waals surface area (Å²) in [5.41, 5.74) is 3.26. The van der Waals surface area contributed by atoms with Gasteiger partial charge in [-0.05, 0) is 74.0 Å². The molecular weight excluding hydrogens is 510 g/mol. The first-order valence-corrected chi connectivity index (χ1v) is 15.5. The summed E-state index contributed by atoms with van der Waals surface area (Å²) in [5, 5.41) is 16.0. The Morgan fingerprint density at radius 1 is 1.03 bits per heavy atom. The van der Waals surface area contributed by atoms with E-state index in [1.165, 1.54) is 5.56 Å². The lowest BCUT2D eigenvalue weighted by Gasteiger charge is -2.31. The molecule has 1 atom stereocenters. The highest BCUT2D eigenvalue weighted by Gasteiger charge is 2.29. The number of hydrogen-bond acceptors (Lipinski definition) is 5. The van der Waals surface area contributed by atoms with Gasteiger partial charge in [0.1, 0.15) is 18.5 Å². The molecule has 3 N–H and O–H groups in total. The van der Waals surface area contributed by atoms with Crippen molar-refractivity contribution in [3.8, 4) is 5.75 Å². The topological polar surface area (TPSA) is 94.7 Å². The zero-order valence-electron chi connectivity index (χ0n) is 22.6. The quantitative estimate of drug-likeness (QED) is 0.229. The van der Waals surface area contributed by atoms with Gasteiger partial charge in [0.25, 0.3) is 0 Å². The molecule has 39 heavy (non-hydrogen) atoms. The molecule has 1 fully saturated rings. The van der Waals surface area contributed by atoms with Gasteiger partial charge in [0.05, 0.1) is 10.4 Å². The summed E-state index contributed by atoms with van der Waals surface area (Å²) in [6.45, 7) is 4.56. The lowest BCUT2D eigenvalue weighted by atomic mass is 9.98. The van der Waals surface area contributed by atoms with Crippen LogP contribution in [-0.4, -0.2) is 61.7 Å². The van der Waals surface area contributed by atoms with E-state index >= 15 is 0 Å². The van der Waals surface area contributed by atoms with Crippen LogP contribution in [0.4, 0.5) is 0 Å². The van der Waals surface area contributed by atoms with Crippen LogP contribution in [0.3, 0.4) is 0 Å². The third-order valence-electron chi connectivity index (χ3n) is 7.69. The summed E-state index contributed by atoms with van der Waals surface area (Å²) < 4.78 is 33.9. The third-order valence-corrected chi connectivity index (χ3v) is 9.60. The number of benzene rings is 3. The van der Waals surface area contributed by atoms with E-state index in [0.29, 0.717) is 30.4 Å². The van der Waals surface area contributed by atoms with Gasteiger partial charge in [0.15, 0.2) is 0 Å². The molecule has 4 aromatic rings. The molecule has 2 heterocycles. The van der Waals surface area contributed by atoms with Gasteiger partial charge in [-0.2, -0.15) is 4.31 Å². The highest BCUT2D eigenvalue weighted by atomic mass is 32.2. The maximum atomic E-state index is 13.1. The van der Waals surface area contributed by atoms with Crippen molar-refractivity contribution in [2.75, 3.05) is 32.8 Å². The summed E-state index contributed by atoms with van der Waals surface area (Å²) in [6, 6.07) is 21.4. The zero-order chi connectivity index (χ0) is 27.2. The molecule has 0 bridgehead atoms. The summed E-state index contributed by atoms with van der Waals surface area (Å²) in [4.78, 5) is 3.79. The van der Waals surface area contributed by atoms with Crippen LogP contribution < -0.4 is 10.1 Å². The van der Waals surface area contributed by atoms with Crippen molar-refractivity contribution in [1.82, 2.24) is 14.6 Å². The van der Waals surface area contributed by atoms with Gasteiger partial charge in [-0.25, -0.2) is 8.42 Å². The van der Waals surface area contributed by atoms with Gasteiger partial charge in [-0.15, -0.1) is 0 Å². The highest BCUT2D eigenvalue weighted by Crippen LogP contribution is 2.33. The van der Waals surface area contributed by atoms with Crippen LogP contribution >= 0.6 is 0 Å². The second kappa shape index (κ2) is 12.5. The molecule has 208 valence electrons. The van der Waals surface area contributed by atoms with Crippen molar-refractivity contribution in [2.45, 2.75) is 50.0 Å². The fourth-order valence-electron chi connectivity index (χ4n) is 5.40. The molecular formula is C31H39N3O4S. The minimum atomic E-state index is -3.46. The molecule has 7 nitrogen and oxygen atoms in total. The summed E-state index contributed by atoms with van der Waals surface area (Å²) in [5.74, 6) is 1.13. The SMILES string of the molecule is CCCCc1ccc(S(=O)(=O)N2CCC(CNC[C@H](O)COc3cccc4[nH]c5ccccc5c34)CC2)cc1. The summed E-state index contributed by atoms with van der Waals surface area (Å²) >= 11 is 0. The first-order chi connectivity index (χ1) is 19.0. The van der Waals surface area contributed by atoms with Crippen molar-refractivity contribution in [2.24, 2.45) is 5.92 Å². The molecule has 5 rings (SSSR count). The number of para-hydroxylation sites is 1. The second-order valence-electron chi connectivity index (χ2n) is 10.6. The largest absolute Gasteiger partial charge is 0.490 e. The van der Waals surface area contributed by atoms with E-state index in [1.807, 2.05) is 48.5 Å². The molecule has 0 radical (unpaired) electrons. The molecule has 1 aliphatic heterocycles. The molecule has 1 aliphatic rings.